The van der Waals surface area contributed by atoms with Crippen LogP contribution in [0.3, 0.4) is 0 Å². The number of carbonyl (C=O) groups is 5. The van der Waals surface area contributed by atoms with Gasteiger partial charge in [-0.3, -0.25) is 34.2 Å². The van der Waals surface area contributed by atoms with Gasteiger partial charge < -0.3 is 15.7 Å². The fraction of sp³-hybridized carbons (Fsp3) is 0.483. The Hall–Kier alpha value is -3.79. The average Bonchev–Trinajstić information content (AvgIpc) is 3.11. The number of carbonyl (C=O) groups excluding carboxylic acids is 4. The van der Waals surface area contributed by atoms with E-state index < -0.39 is 41.8 Å². The van der Waals surface area contributed by atoms with E-state index in [2.05, 4.69) is 16.0 Å². The predicted molar refractivity (Wildman–Crippen MR) is 147 cm³/mol. The van der Waals surface area contributed by atoms with Gasteiger partial charge in [-0.1, -0.05) is 52.0 Å². The number of carboxylic acids is 1. The molecule has 2 aromatic carbocycles. The van der Waals surface area contributed by atoms with Gasteiger partial charge in [0.25, 0.3) is 11.8 Å². The number of nitrogens with one attached hydrogen (secondary N) is 3. The van der Waals surface area contributed by atoms with Crippen LogP contribution in [0.2, 0.25) is 0 Å². The van der Waals surface area contributed by atoms with Crippen molar-refractivity contribution in [3.8, 4) is 0 Å². The van der Waals surface area contributed by atoms with Crippen molar-refractivity contribution in [1.82, 2.24) is 20.9 Å². The van der Waals surface area contributed by atoms with E-state index in [4.69, 9.17) is 0 Å². The van der Waals surface area contributed by atoms with Crippen molar-refractivity contribution in [2.24, 2.45) is 11.8 Å². The number of carboxylic acid groups (broad SMARTS) is 1. The molecule has 0 saturated heterocycles. The molecular weight excluding hydrogens is 500 g/mol. The first-order valence-corrected chi connectivity index (χ1v) is 13.3. The molecule has 0 aromatic heterocycles. The summed E-state index contributed by atoms with van der Waals surface area (Å²) in [4.78, 5) is 64.9. The Labute approximate surface area is 228 Å². The van der Waals surface area contributed by atoms with E-state index in [9.17, 15) is 29.1 Å². The zero-order valence-corrected chi connectivity index (χ0v) is 23.1. The molecule has 4 N–H and O–H groups in total. The molecule has 3 rings (SSSR count). The van der Waals surface area contributed by atoms with Gasteiger partial charge in [0, 0.05) is 13.6 Å². The Morgan fingerprint density at radius 2 is 1.33 bits per heavy atom. The van der Waals surface area contributed by atoms with E-state index >= 15 is 0 Å². The first kappa shape index (κ1) is 29.8. The quantitative estimate of drug-likeness (QED) is 0.287. The second kappa shape index (κ2) is 12.8. The lowest BCUT2D eigenvalue weighted by Crippen LogP contribution is -2.56. The van der Waals surface area contributed by atoms with Crippen molar-refractivity contribution in [3.63, 3.8) is 0 Å². The Bertz CT molecular complexity index is 1200. The Morgan fingerprint density at radius 3 is 1.79 bits per heavy atom. The van der Waals surface area contributed by atoms with E-state index in [1.807, 2.05) is 52.0 Å². The number of aliphatic carboxylic acids is 1. The summed E-state index contributed by atoms with van der Waals surface area (Å²) in [5.74, 6) is -2.74. The summed E-state index contributed by atoms with van der Waals surface area (Å²) in [7, 11) is 1.49. The highest BCUT2D eigenvalue weighted by molar-refractivity contribution is 6.23. The fourth-order valence-corrected chi connectivity index (χ4v) is 4.83. The standard InChI is InChI=1S/C29H38N4O6/c1-16(2)12-23(25(34)30-5)32-26(35)24(13-17(3)4)31-22(29(38)39)10-11-33-27(36)20-14-18-8-6-7-9-19(18)15-21(20)28(33)37/h6-9,14-17,22-24,31H,10-13H2,1-5H3,(H,30,34)(H,32,35)(H,38,39)/t22?,23-,24-/m0/s1. The molecule has 0 fully saturated rings. The Morgan fingerprint density at radius 1 is 0.821 bits per heavy atom. The molecule has 39 heavy (non-hydrogen) atoms. The topological polar surface area (TPSA) is 145 Å². The monoisotopic (exact) mass is 538 g/mol. The van der Waals surface area contributed by atoms with Gasteiger partial charge in [0.15, 0.2) is 0 Å². The molecule has 0 bridgehead atoms. The molecule has 1 unspecified atom stereocenters. The van der Waals surface area contributed by atoms with E-state index in [1.54, 1.807) is 12.1 Å². The lowest BCUT2D eigenvalue weighted by Gasteiger charge is -2.27. The highest BCUT2D eigenvalue weighted by atomic mass is 16.4. The van der Waals surface area contributed by atoms with Crippen LogP contribution < -0.4 is 16.0 Å². The van der Waals surface area contributed by atoms with Crippen LogP contribution >= 0.6 is 0 Å². The van der Waals surface area contributed by atoms with E-state index in [1.165, 1.54) is 7.05 Å². The number of likely N-dealkylation sites (N-methyl/N-ethyl adjacent to an activating group) is 1. The maximum absolute atomic E-state index is 13.2. The molecule has 0 saturated carbocycles. The van der Waals surface area contributed by atoms with Crippen molar-refractivity contribution in [3.05, 3.63) is 47.5 Å². The molecule has 0 aliphatic carbocycles. The number of amides is 4. The van der Waals surface area contributed by atoms with Crippen LogP contribution in [0.1, 0.15) is 67.7 Å². The van der Waals surface area contributed by atoms with Gasteiger partial charge in [-0.05, 0) is 54.0 Å². The minimum Gasteiger partial charge on any atom is -0.480 e. The van der Waals surface area contributed by atoms with Crippen molar-refractivity contribution in [2.75, 3.05) is 13.6 Å². The zero-order chi connectivity index (χ0) is 28.9. The first-order chi connectivity index (χ1) is 18.4. The lowest BCUT2D eigenvalue weighted by molar-refractivity contribution is -0.140. The molecule has 10 nitrogen and oxygen atoms in total. The zero-order valence-electron chi connectivity index (χ0n) is 23.1. The molecule has 1 heterocycles. The third-order valence-corrected chi connectivity index (χ3v) is 6.79. The lowest BCUT2D eigenvalue weighted by atomic mass is 9.99. The number of rotatable bonds is 13. The maximum atomic E-state index is 13.2. The highest BCUT2D eigenvalue weighted by Crippen LogP contribution is 2.28. The molecule has 3 atom stereocenters. The van der Waals surface area contributed by atoms with Crippen LogP contribution in [0.5, 0.6) is 0 Å². The molecule has 2 aromatic rings. The van der Waals surface area contributed by atoms with Crippen LogP contribution in [0, 0.1) is 11.8 Å². The van der Waals surface area contributed by atoms with Crippen molar-refractivity contribution in [1.29, 1.82) is 0 Å². The maximum Gasteiger partial charge on any atom is 0.320 e. The van der Waals surface area contributed by atoms with Gasteiger partial charge in [-0.15, -0.1) is 0 Å². The van der Waals surface area contributed by atoms with Crippen molar-refractivity contribution in [2.45, 2.75) is 65.1 Å². The van der Waals surface area contributed by atoms with Crippen LogP contribution in [0.4, 0.5) is 0 Å². The molecule has 210 valence electrons. The Balaban J connectivity index is 1.74. The summed E-state index contributed by atoms with van der Waals surface area (Å²) < 4.78 is 0. The summed E-state index contributed by atoms with van der Waals surface area (Å²) in [6.45, 7) is 7.56. The van der Waals surface area contributed by atoms with Crippen LogP contribution in [-0.2, 0) is 14.4 Å². The summed E-state index contributed by atoms with van der Waals surface area (Å²) in [6.07, 6.45) is 0.668. The fourth-order valence-electron chi connectivity index (χ4n) is 4.83. The number of nitrogens with zero attached hydrogens (tertiary/aromatic N) is 1. The minimum atomic E-state index is -1.20. The number of benzene rings is 2. The Kier molecular flexibility index (Phi) is 9.80. The first-order valence-electron chi connectivity index (χ1n) is 13.3. The molecule has 10 heteroatoms. The molecule has 0 radical (unpaired) electrons. The summed E-state index contributed by atoms with van der Waals surface area (Å²) in [5, 5.41) is 19.8. The van der Waals surface area contributed by atoms with Crippen LogP contribution in [0.25, 0.3) is 10.8 Å². The van der Waals surface area contributed by atoms with Gasteiger partial charge in [0.05, 0.1) is 17.2 Å². The van der Waals surface area contributed by atoms with Crippen molar-refractivity contribution >= 4 is 40.4 Å². The molecular formula is C29H38N4O6. The summed E-state index contributed by atoms with van der Waals surface area (Å²) >= 11 is 0. The highest BCUT2D eigenvalue weighted by Gasteiger charge is 2.37. The van der Waals surface area contributed by atoms with Crippen LogP contribution in [-0.4, -0.2) is 71.3 Å². The SMILES string of the molecule is CNC(=O)[C@H](CC(C)C)NC(=O)[C@H](CC(C)C)NC(CCN1C(=O)c2cc3ccccc3cc2C1=O)C(=O)O. The van der Waals surface area contributed by atoms with Crippen molar-refractivity contribution < 1.29 is 29.1 Å². The van der Waals surface area contributed by atoms with E-state index in [0.29, 0.717) is 24.0 Å². The van der Waals surface area contributed by atoms with E-state index in [-0.39, 0.29) is 30.7 Å². The van der Waals surface area contributed by atoms with Gasteiger partial charge in [0.2, 0.25) is 11.8 Å². The molecule has 0 spiro atoms. The molecule has 4 amide bonds. The van der Waals surface area contributed by atoms with Crippen LogP contribution in [0.15, 0.2) is 36.4 Å². The number of fused-ring (bicyclic) bond motifs is 2. The largest absolute Gasteiger partial charge is 0.480 e. The number of imide groups is 1. The van der Waals surface area contributed by atoms with Gasteiger partial charge >= 0.3 is 5.97 Å². The third-order valence-electron chi connectivity index (χ3n) is 6.79. The van der Waals surface area contributed by atoms with Gasteiger partial charge in [0.1, 0.15) is 12.1 Å². The summed E-state index contributed by atoms with van der Waals surface area (Å²) in [5.41, 5.74) is 0.585. The molecule has 1 aliphatic rings. The average molecular weight is 539 g/mol. The predicted octanol–water partition coefficient (Wildman–Crippen LogP) is 2.56. The normalized spacial score (nSPS) is 15.4. The van der Waals surface area contributed by atoms with Gasteiger partial charge in [-0.2, -0.15) is 0 Å². The second-order valence-corrected chi connectivity index (χ2v) is 10.8. The second-order valence-electron chi connectivity index (χ2n) is 10.8. The third kappa shape index (κ3) is 7.20. The number of hydrogen-bond donors (Lipinski definition) is 4. The minimum absolute atomic E-state index is 0.0524. The molecule has 1 aliphatic heterocycles. The van der Waals surface area contributed by atoms with E-state index in [0.717, 1.165) is 15.7 Å². The van der Waals surface area contributed by atoms with Gasteiger partial charge in [-0.25, -0.2) is 0 Å². The number of hydrogen-bond acceptors (Lipinski definition) is 6. The summed E-state index contributed by atoms with van der Waals surface area (Å²) in [6, 6.07) is 7.93. The smallest absolute Gasteiger partial charge is 0.320 e.